The molecule has 0 aliphatic rings. The standard InChI is InChI=1S/C28H25F6N3O2S/c29-27(30,31)20-15-19(16-21(17-20)28(32,33)34)18-35-25(38)11-6-12-37-24-10-5-4-9-23(24)36-26(37)40-14-13-39-22-7-2-1-3-8-22/h1-5,7-10,15-17H,6,11-14,18H2,(H,35,38). The number of nitrogens with one attached hydrogen (secondary N) is 1. The molecule has 0 bridgehead atoms. The highest BCUT2D eigenvalue weighted by molar-refractivity contribution is 7.99. The summed E-state index contributed by atoms with van der Waals surface area (Å²) in [6.45, 7) is 0.450. The van der Waals surface area contributed by atoms with Gasteiger partial charge in [0.25, 0.3) is 0 Å². The first kappa shape index (κ1) is 29.3. The van der Waals surface area contributed by atoms with Crippen molar-refractivity contribution in [2.45, 2.75) is 43.4 Å². The van der Waals surface area contributed by atoms with Crippen molar-refractivity contribution >= 4 is 28.7 Å². The number of rotatable bonds is 11. The monoisotopic (exact) mass is 581 g/mol. The summed E-state index contributed by atoms with van der Waals surface area (Å²) < 4.78 is 86.2. The number of carbonyl (C=O) groups is 1. The van der Waals surface area contributed by atoms with Gasteiger partial charge in [-0.1, -0.05) is 42.1 Å². The molecule has 4 rings (SSSR count). The lowest BCUT2D eigenvalue weighted by atomic mass is 10.0. The molecule has 40 heavy (non-hydrogen) atoms. The SMILES string of the molecule is O=C(CCCn1c(SCCOc2ccccc2)nc2ccccc21)NCc1cc(C(F)(F)F)cc(C(F)(F)F)c1. The molecule has 0 aliphatic heterocycles. The summed E-state index contributed by atoms with van der Waals surface area (Å²) >= 11 is 1.51. The number of hydrogen-bond acceptors (Lipinski definition) is 4. The lowest BCUT2D eigenvalue weighted by Gasteiger charge is -2.14. The van der Waals surface area contributed by atoms with Crippen molar-refractivity contribution in [2.75, 3.05) is 12.4 Å². The zero-order valence-corrected chi connectivity index (χ0v) is 21.9. The summed E-state index contributed by atoms with van der Waals surface area (Å²) in [5.74, 6) is 0.915. The van der Waals surface area contributed by atoms with Gasteiger partial charge in [-0.15, -0.1) is 0 Å². The number of aryl methyl sites for hydroxylation is 1. The molecule has 1 N–H and O–H groups in total. The smallest absolute Gasteiger partial charge is 0.416 e. The Balaban J connectivity index is 1.34. The first-order valence-electron chi connectivity index (χ1n) is 12.3. The maximum Gasteiger partial charge on any atom is 0.416 e. The molecule has 0 atom stereocenters. The molecule has 212 valence electrons. The number of alkyl halides is 6. The van der Waals surface area contributed by atoms with Gasteiger partial charge < -0.3 is 14.6 Å². The van der Waals surface area contributed by atoms with Crippen LogP contribution in [0.1, 0.15) is 29.5 Å². The van der Waals surface area contributed by atoms with Gasteiger partial charge in [-0.05, 0) is 54.4 Å². The molecule has 0 fully saturated rings. The Kier molecular flexibility index (Phi) is 9.28. The largest absolute Gasteiger partial charge is 0.493 e. The fraction of sp³-hybridized carbons (Fsp3) is 0.286. The van der Waals surface area contributed by atoms with Gasteiger partial charge in [0, 0.05) is 25.3 Å². The second-order valence-electron chi connectivity index (χ2n) is 8.84. The Morgan fingerprint density at radius 1 is 0.900 bits per heavy atom. The number of para-hydroxylation sites is 3. The third-order valence-corrected chi connectivity index (χ3v) is 6.81. The van der Waals surface area contributed by atoms with Gasteiger partial charge in [0.15, 0.2) is 5.16 Å². The van der Waals surface area contributed by atoms with Crippen LogP contribution < -0.4 is 10.1 Å². The van der Waals surface area contributed by atoms with Crippen molar-refractivity contribution < 1.29 is 35.9 Å². The average molecular weight is 582 g/mol. The normalized spacial score (nSPS) is 12.1. The van der Waals surface area contributed by atoms with Crippen LogP contribution in [-0.2, 0) is 30.2 Å². The van der Waals surface area contributed by atoms with Gasteiger partial charge in [0.2, 0.25) is 5.91 Å². The molecule has 5 nitrogen and oxygen atoms in total. The van der Waals surface area contributed by atoms with Crippen LogP contribution in [0.5, 0.6) is 5.75 Å². The van der Waals surface area contributed by atoms with Crippen LogP contribution in [0.2, 0.25) is 0 Å². The minimum absolute atomic E-state index is 0.0266. The van der Waals surface area contributed by atoms with Crippen LogP contribution in [0.15, 0.2) is 78.0 Å². The summed E-state index contributed by atoms with van der Waals surface area (Å²) in [6, 6.07) is 18.2. The van der Waals surface area contributed by atoms with Crippen molar-refractivity contribution in [1.29, 1.82) is 0 Å². The highest BCUT2D eigenvalue weighted by atomic mass is 32.2. The van der Waals surface area contributed by atoms with Crippen LogP contribution in [0.4, 0.5) is 26.3 Å². The van der Waals surface area contributed by atoms with Crippen molar-refractivity contribution in [3.05, 3.63) is 89.5 Å². The molecule has 0 radical (unpaired) electrons. The Hall–Kier alpha value is -3.67. The maximum absolute atomic E-state index is 13.1. The van der Waals surface area contributed by atoms with Gasteiger partial charge in [0.1, 0.15) is 5.75 Å². The van der Waals surface area contributed by atoms with Crippen LogP contribution >= 0.6 is 11.8 Å². The van der Waals surface area contributed by atoms with E-state index in [1.54, 1.807) is 0 Å². The molecule has 3 aromatic carbocycles. The van der Waals surface area contributed by atoms with Crippen molar-refractivity contribution in [2.24, 2.45) is 0 Å². The van der Waals surface area contributed by atoms with E-state index in [0.717, 1.165) is 21.9 Å². The quantitative estimate of drug-likeness (QED) is 0.114. The van der Waals surface area contributed by atoms with E-state index in [-0.39, 0.29) is 18.1 Å². The predicted octanol–water partition coefficient (Wildman–Crippen LogP) is 7.34. The van der Waals surface area contributed by atoms with Gasteiger partial charge in [-0.3, -0.25) is 4.79 Å². The number of thioether (sulfide) groups is 1. The van der Waals surface area contributed by atoms with Gasteiger partial charge >= 0.3 is 12.4 Å². The molecule has 0 saturated carbocycles. The van der Waals surface area contributed by atoms with E-state index in [9.17, 15) is 31.1 Å². The Labute approximate surface area is 230 Å². The zero-order chi connectivity index (χ0) is 28.8. The molecule has 1 heterocycles. The molecule has 0 aliphatic carbocycles. The number of imidazole rings is 1. The Morgan fingerprint density at radius 2 is 1.55 bits per heavy atom. The fourth-order valence-electron chi connectivity index (χ4n) is 4.00. The maximum atomic E-state index is 13.1. The highest BCUT2D eigenvalue weighted by Gasteiger charge is 2.36. The van der Waals surface area contributed by atoms with Crippen molar-refractivity contribution in [3.63, 3.8) is 0 Å². The summed E-state index contributed by atoms with van der Waals surface area (Å²) in [7, 11) is 0. The number of benzene rings is 3. The van der Waals surface area contributed by atoms with Crippen LogP contribution in [0, 0.1) is 0 Å². The van der Waals surface area contributed by atoms with E-state index in [0.29, 0.717) is 37.5 Å². The molecule has 1 aromatic heterocycles. The van der Waals surface area contributed by atoms with E-state index in [1.807, 2.05) is 59.2 Å². The molecule has 1 amide bonds. The third kappa shape index (κ3) is 7.93. The minimum atomic E-state index is -4.95. The van der Waals surface area contributed by atoms with Gasteiger partial charge in [0.05, 0.1) is 28.8 Å². The summed E-state index contributed by atoms with van der Waals surface area (Å²) in [5.41, 5.74) is -1.44. The number of aromatic nitrogens is 2. The lowest BCUT2D eigenvalue weighted by Crippen LogP contribution is -2.23. The van der Waals surface area contributed by atoms with Gasteiger partial charge in [-0.25, -0.2) is 4.98 Å². The number of nitrogens with zero attached hydrogens (tertiary/aromatic N) is 2. The highest BCUT2D eigenvalue weighted by Crippen LogP contribution is 2.36. The second kappa shape index (κ2) is 12.7. The number of hydrogen-bond donors (Lipinski definition) is 1. The minimum Gasteiger partial charge on any atom is -0.493 e. The summed E-state index contributed by atoms with van der Waals surface area (Å²) in [4.78, 5) is 17.1. The van der Waals surface area contributed by atoms with E-state index >= 15 is 0 Å². The van der Waals surface area contributed by atoms with Gasteiger partial charge in [-0.2, -0.15) is 26.3 Å². The average Bonchev–Trinajstić information content (AvgIpc) is 3.26. The zero-order valence-electron chi connectivity index (χ0n) is 21.1. The van der Waals surface area contributed by atoms with E-state index < -0.39 is 35.9 Å². The number of ether oxygens (including phenoxy) is 1. The fourth-order valence-corrected chi connectivity index (χ4v) is 4.85. The first-order chi connectivity index (χ1) is 19.0. The molecule has 0 unspecified atom stereocenters. The number of carbonyl (C=O) groups excluding carboxylic acids is 1. The molecule has 0 spiro atoms. The number of halogens is 6. The number of amides is 1. The van der Waals surface area contributed by atoms with E-state index in [1.165, 1.54) is 11.8 Å². The van der Waals surface area contributed by atoms with Crippen LogP contribution in [0.25, 0.3) is 11.0 Å². The molecular weight excluding hydrogens is 556 g/mol. The summed E-state index contributed by atoms with van der Waals surface area (Å²) in [6.07, 6.45) is -9.48. The molecular formula is C28H25F6N3O2S. The molecule has 12 heteroatoms. The van der Waals surface area contributed by atoms with Crippen LogP contribution in [-0.4, -0.2) is 27.8 Å². The first-order valence-corrected chi connectivity index (χ1v) is 13.3. The lowest BCUT2D eigenvalue weighted by molar-refractivity contribution is -0.143. The Bertz CT molecular complexity index is 1410. The topological polar surface area (TPSA) is 56.2 Å². The Morgan fingerprint density at radius 3 is 2.23 bits per heavy atom. The van der Waals surface area contributed by atoms with E-state index in [2.05, 4.69) is 10.3 Å². The van der Waals surface area contributed by atoms with Crippen molar-refractivity contribution in [1.82, 2.24) is 14.9 Å². The molecule has 4 aromatic rings. The number of fused-ring (bicyclic) bond motifs is 1. The third-order valence-electron chi connectivity index (χ3n) is 5.87. The second-order valence-corrected chi connectivity index (χ2v) is 9.90. The molecule has 0 saturated heterocycles. The summed E-state index contributed by atoms with van der Waals surface area (Å²) in [5, 5.41) is 3.18. The van der Waals surface area contributed by atoms with E-state index in [4.69, 9.17) is 4.74 Å². The van der Waals surface area contributed by atoms with Crippen LogP contribution in [0.3, 0.4) is 0 Å². The predicted molar refractivity (Wildman–Crippen MR) is 140 cm³/mol. The van der Waals surface area contributed by atoms with Crippen molar-refractivity contribution in [3.8, 4) is 5.75 Å².